The van der Waals surface area contributed by atoms with Gasteiger partial charge in [-0.25, -0.2) is 0 Å². The van der Waals surface area contributed by atoms with Crippen LogP contribution in [0.25, 0.3) is 0 Å². The van der Waals surface area contributed by atoms with Crippen LogP contribution in [0.5, 0.6) is 0 Å². The Hall–Kier alpha value is -0.0800. The van der Waals surface area contributed by atoms with E-state index in [4.69, 9.17) is 4.74 Å². The first-order valence-corrected chi connectivity index (χ1v) is 5.48. The maximum Gasteiger partial charge on any atom is 0.0543 e. The largest absolute Gasteiger partial charge is 0.382 e. The molecular formula is C11H23NO. The molecule has 1 aliphatic rings. The van der Waals surface area contributed by atoms with Crippen molar-refractivity contribution in [2.24, 2.45) is 5.92 Å². The molecule has 2 unspecified atom stereocenters. The summed E-state index contributed by atoms with van der Waals surface area (Å²) in [6.07, 6.45) is 7.13. The minimum atomic E-state index is 0.413. The van der Waals surface area contributed by atoms with Gasteiger partial charge in [-0.3, -0.25) is 0 Å². The van der Waals surface area contributed by atoms with Crippen LogP contribution < -0.4 is 5.32 Å². The van der Waals surface area contributed by atoms with Gasteiger partial charge < -0.3 is 10.1 Å². The van der Waals surface area contributed by atoms with E-state index in [1.165, 1.54) is 32.1 Å². The van der Waals surface area contributed by atoms with Gasteiger partial charge in [0.25, 0.3) is 0 Å². The molecule has 13 heavy (non-hydrogen) atoms. The molecule has 0 bridgehead atoms. The lowest BCUT2D eigenvalue weighted by Crippen LogP contribution is -2.37. The second kappa shape index (κ2) is 5.61. The quantitative estimate of drug-likeness (QED) is 0.685. The van der Waals surface area contributed by atoms with Gasteiger partial charge in [0.1, 0.15) is 0 Å². The lowest BCUT2D eigenvalue weighted by Gasteiger charge is -2.34. The van der Waals surface area contributed by atoms with Crippen molar-refractivity contribution in [1.29, 1.82) is 0 Å². The summed E-state index contributed by atoms with van der Waals surface area (Å²) in [4.78, 5) is 0. The van der Waals surface area contributed by atoms with Crippen molar-refractivity contribution >= 4 is 0 Å². The summed E-state index contributed by atoms with van der Waals surface area (Å²) in [7, 11) is 3.88. The van der Waals surface area contributed by atoms with Crippen LogP contribution in [-0.2, 0) is 4.74 Å². The van der Waals surface area contributed by atoms with Crippen LogP contribution in [0.1, 0.15) is 39.0 Å². The first-order valence-electron chi connectivity index (χ1n) is 5.48. The lowest BCUT2D eigenvalue weighted by molar-refractivity contribution is 0.0995. The van der Waals surface area contributed by atoms with Crippen molar-refractivity contribution in [3.63, 3.8) is 0 Å². The standard InChI is InChI=1S/C11H23NO/c1-9(13-3)7-8-11(12-2)10-5-4-6-10/h9-12H,4-8H2,1-3H3. The fourth-order valence-electron chi connectivity index (χ4n) is 1.99. The summed E-state index contributed by atoms with van der Waals surface area (Å²) in [5.74, 6) is 0.939. The number of ether oxygens (including phenoxy) is 1. The van der Waals surface area contributed by atoms with Crippen molar-refractivity contribution in [2.75, 3.05) is 14.2 Å². The van der Waals surface area contributed by atoms with Crippen molar-refractivity contribution in [1.82, 2.24) is 5.32 Å². The Kier molecular flexibility index (Phi) is 4.74. The molecular weight excluding hydrogens is 162 g/mol. The molecule has 0 aromatic heterocycles. The van der Waals surface area contributed by atoms with Gasteiger partial charge >= 0.3 is 0 Å². The molecule has 1 N–H and O–H groups in total. The molecule has 0 aromatic carbocycles. The fourth-order valence-corrected chi connectivity index (χ4v) is 1.99. The highest BCUT2D eigenvalue weighted by Gasteiger charge is 2.25. The van der Waals surface area contributed by atoms with Crippen LogP contribution in [0.3, 0.4) is 0 Å². The number of rotatable bonds is 6. The predicted molar refractivity (Wildman–Crippen MR) is 55.9 cm³/mol. The first kappa shape index (κ1) is 11.0. The third-order valence-corrected chi connectivity index (χ3v) is 3.38. The minimum Gasteiger partial charge on any atom is -0.382 e. The summed E-state index contributed by atoms with van der Waals surface area (Å²) >= 11 is 0. The van der Waals surface area contributed by atoms with Crippen LogP contribution in [0.15, 0.2) is 0 Å². The molecule has 0 saturated heterocycles. The Morgan fingerprint density at radius 1 is 1.38 bits per heavy atom. The third-order valence-electron chi connectivity index (χ3n) is 3.38. The highest BCUT2D eigenvalue weighted by Crippen LogP contribution is 2.31. The smallest absolute Gasteiger partial charge is 0.0543 e. The second-order valence-corrected chi connectivity index (χ2v) is 4.21. The molecule has 2 atom stereocenters. The lowest BCUT2D eigenvalue weighted by atomic mass is 9.78. The molecule has 0 radical (unpaired) electrons. The molecule has 2 heteroatoms. The molecule has 0 spiro atoms. The van der Waals surface area contributed by atoms with Gasteiger partial charge in [0.15, 0.2) is 0 Å². The van der Waals surface area contributed by atoms with Gasteiger partial charge in [-0.2, -0.15) is 0 Å². The Morgan fingerprint density at radius 2 is 2.08 bits per heavy atom. The number of methoxy groups -OCH3 is 1. The zero-order valence-electron chi connectivity index (χ0n) is 9.18. The van der Waals surface area contributed by atoms with Gasteiger partial charge in [-0.15, -0.1) is 0 Å². The molecule has 2 nitrogen and oxygen atoms in total. The zero-order chi connectivity index (χ0) is 9.68. The van der Waals surface area contributed by atoms with E-state index in [2.05, 4.69) is 19.3 Å². The van der Waals surface area contributed by atoms with E-state index >= 15 is 0 Å². The monoisotopic (exact) mass is 185 g/mol. The Morgan fingerprint density at radius 3 is 2.46 bits per heavy atom. The van der Waals surface area contributed by atoms with Crippen LogP contribution in [-0.4, -0.2) is 26.3 Å². The molecule has 0 heterocycles. The molecule has 0 amide bonds. The van der Waals surface area contributed by atoms with Crippen molar-refractivity contribution in [2.45, 2.75) is 51.2 Å². The molecule has 0 aliphatic heterocycles. The second-order valence-electron chi connectivity index (χ2n) is 4.21. The third kappa shape index (κ3) is 3.28. The number of hydrogen-bond donors (Lipinski definition) is 1. The molecule has 1 rings (SSSR count). The van der Waals surface area contributed by atoms with E-state index in [0.717, 1.165) is 12.0 Å². The first-order chi connectivity index (χ1) is 6.27. The predicted octanol–water partition coefficient (Wildman–Crippen LogP) is 2.19. The van der Waals surface area contributed by atoms with Crippen molar-refractivity contribution in [3.8, 4) is 0 Å². The van der Waals surface area contributed by atoms with E-state index in [-0.39, 0.29) is 0 Å². The average Bonchev–Trinajstić information content (AvgIpc) is 2.08. The van der Waals surface area contributed by atoms with Gasteiger partial charge in [0, 0.05) is 13.2 Å². The minimum absolute atomic E-state index is 0.413. The summed E-state index contributed by atoms with van der Waals surface area (Å²) in [5, 5.41) is 3.43. The zero-order valence-corrected chi connectivity index (χ0v) is 9.18. The summed E-state index contributed by atoms with van der Waals surface area (Å²) in [6.45, 7) is 2.15. The van der Waals surface area contributed by atoms with Crippen LogP contribution in [0.2, 0.25) is 0 Å². The SMILES string of the molecule is CNC(CCC(C)OC)C1CCC1. The van der Waals surface area contributed by atoms with Gasteiger partial charge in [-0.1, -0.05) is 6.42 Å². The maximum absolute atomic E-state index is 5.25. The highest BCUT2D eigenvalue weighted by molar-refractivity contribution is 4.82. The Labute approximate surface area is 82.0 Å². The van der Waals surface area contributed by atoms with Crippen LogP contribution in [0, 0.1) is 5.92 Å². The summed E-state index contributed by atoms with van der Waals surface area (Å²) in [5.41, 5.74) is 0. The average molecular weight is 185 g/mol. The van der Waals surface area contributed by atoms with Gasteiger partial charge in [-0.05, 0) is 45.6 Å². The van der Waals surface area contributed by atoms with E-state index in [1.807, 2.05) is 0 Å². The van der Waals surface area contributed by atoms with Gasteiger partial charge in [0.2, 0.25) is 0 Å². The normalized spacial score (nSPS) is 22.4. The highest BCUT2D eigenvalue weighted by atomic mass is 16.5. The molecule has 78 valence electrons. The van der Waals surface area contributed by atoms with E-state index in [1.54, 1.807) is 7.11 Å². The molecule has 1 fully saturated rings. The Bertz CT molecular complexity index is 134. The Balaban J connectivity index is 2.15. The summed E-state index contributed by atoms with van der Waals surface area (Å²) < 4.78 is 5.25. The topological polar surface area (TPSA) is 21.3 Å². The number of hydrogen-bond acceptors (Lipinski definition) is 2. The van der Waals surface area contributed by atoms with Crippen LogP contribution in [0.4, 0.5) is 0 Å². The molecule has 1 aliphatic carbocycles. The number of nitrogens with one attached hydrogen (secondary N) is 1. The van der Waals surface area contributed by atoms with Gasteiger partial charge in [0.05, 0.1) is 6.10 Å². The summed E-state index contributed by atoms with van der Waals surface area (Å²) in [6, 6.07) is 0.728. The van der Waals surface area contributed by atoms with Crippen LogP contribution >= 0.6 is 0 Å². The fraction of sp³-hybridized carbons (Fsp3) is 1.00. The van der Waals surface area contributed by atoms with E-state index < -0.39 is 0 Å². The molecule has 1 saturated carbocycles. The molecule has 0 aromatic rings. The van der Waals surface area contributed by atoms with Crippen molar-refractivity contribution in [3.05, 3.63) is 0 Å². The van der Waals surface area contributed by atoms with Crippen molar-refractivity contribution < 1.29 is 4.74 Å². The van der Waals surface area contributed by atoms with E-state index in [9.17, 15) is 0 Å². The van der Waals surface area contributed by atoms with E-state index in [0.29, 0.717) is 6.10 Å². The maximum atomic E-state index is 5.25.